The van der Waals surface area contributed by atoms with E-state index in [0.29, 0.717) is 12.2 Å². The third kappa shape index (κ3) is 3.73. The molecule has 154 valence electrons. The highest BCUT2D eigenvalue weighted by Crippen LogP contribution is 2.40. The first-order valence-electron chi connectivity index (χ1n) is 9.68. The highest BCUT2D eigenvalue weighted by atomic mass is 32.2. The molecule has 1 saturated heterocycles. The first-order valence-corrected chi connectivity index (χ1v) is 11.1. The molecule has 1 aromatic rings. The first kappa shape index (κ1) is 20.6. The van der Waals surface area contributed by atoms with E-state index >= 15 is 0 Å². The summed E-state index contributed by atoms with van der Waals surface area (Å²) in [6, 6.07) is 4.55. The highest BCUT2D eigenvalue weighted by molar-refractivity contribution is 7.89. The normalized spacial score (nSPS) is 19.4. The van der Waals surface area contributed by atoms with Gasteiger partial charge in [-0.1, -0.05) is 6.92 Å². The van der Waals surface area contributed by atoms with Crippen molar-refractivity contribution in [3.05, 3.63) is 18.2 Å². The van der Waals surface area contributed by atoms with Crippen molar-refractivity contribution in [1.82, 2.24) is 9.62 Å². The number of sulfonamides is 1. The first-order chi connectivity index (χ1) is 13.3. The van der Waals surface area contributed by atoms with Crippen molar-refractivity contribution in [2.24, 2.45) is 0 Å². The van der Waals surface area contributed by atoms with Crippen LogP contribution in [-0.2, 0) is 19.6 Å². The fourth-order valence-electron chi connectivity index (χ4n) is 3.74. The van der Waals surface area contributed by atoms with Gasteiger partial charge >= 0.3 is 0 Å². The maximum Gasteiger partial charge on any atom is 0.250 e. The second-order valence-electron chi connectivity index (χ2n) is 7.42. The molecule has 1 atom stereocenters. The summed E-state index contributed by atoms with van der Waals surface area (Å²) in [6.07, 6.45) is 3.49. The molecular formula is C19H28N4O4S. The minimum Gasteiger partial charge on any atom is -0.358 e. The molecule has 0 aromatic heterocycles. The monoisotopic (exact) mass is 408 g/mol. The van der Waals surface area contributed by atoms with Crippen LogP contribution in [0.2, 0.25) is 0 Å². The van der Waals surface area contributed by atoms with Gasteiger partial charge in [0, 0.05) is 27.2 Å². The molecule has 28 heavy (non-hydrogen) atoms. The third-order valence-corrected chi connectivity index (χ3v) is 7.06. The van der Waals surface area contributed by atoms with E-state index in [1.54, 1.807) is 12.1 Å². The zero-order chi connectivity index (χ0) is 20.5. The average Bonchev–Trinajstić information content (AvgIpc) is 2.69. The van der Waals surface area contributed by atoms with E-state index in [2.05, 4.69) is 5.32 Å². The van der Waals surface area contributed by atoms with Crippen molar-refractivity contribution in [3.63, 3.8) is 0 Å². The number of piperidine rings is 1. The van der Waals surface area contributed by atoms with Crippen LogP contribution in [0.15, 0.2) is 23.1 Å². The quantitative estimate of drug-likeness (QED) is 0.763. The zero-order valence-corrected chi connectivity index (χ0v) is 17.5. The van der Waals surface area contributed by atoms with E-state index < -0.39 is 10.0 Å². The maximum atomic E-state index is 13.2. The summed E-state index contributed by atoms with van der Waals surface area (Å²) in [5, 5.41) is 2.79. The molecule has 0 radical (unpaired) electrons. The minimum absolute atomic E-state index is 0.109. The van der Waals surface area contributed by atoms with Gasteiger partial charge in [-0.2, -0.15) is 0 Å². The van der Waals surface area contributed by atoms with Gasteiger partial charge in [0.2, 0.25) is 21.8 Å². The lowest BCUT2D eigenvalue weighted by Gasteiger charge is -2.45. The van der Waals surface area contributed by atoms with Crippen LogP contribution in [0.5, 0.6) is 0 Å². The van der Waals surface area contributed by atoms with Crippen molar-refractivity contribution >= 4 is 33.2 Å². The Hall–Kier alpha value is -2.13. The van der Waals surface area contributed by atoms with E-state index in [1.165, 1.54) is 25.1 Å². The number of anilines is 2. The molecule has 2 aliphatic rings. The number of nitrogens with zero attached hydrogens (tertiary/aromatic N) is 3. The van der Waals surface area contributed by atoms with Crippen molar-refractivity contribution in [1.29, 1.82) is 0 Å². The highest BCUT2D eigenvalue weighted by Gasteiger charge is 2.40. The summed E-state index contributed by atoms with van der Waals surface area (Å²) >= 11 is 0. The van der Waals surface area contributed by atoms with Crippen LogP contribution in [0.4, 0.5) is 11.4 Å². The van der Waals surface area contributed by atoms with Gasteiger partial charge in [-0.25, -0.2) is 12.7 Å². The molecule has 1 N–H and O–H groups in total. The van der Waals surface area contributed by atoms with Gasteiger partial charge in [0.25, 0.3) is 0 Å². The van der Waals surface area contributed by atoms with Crippen molar-refractivity contribution < 1.29 is 18.0 Å². The second-order valence-corrected chi connectivity index (χ2v) is 9.57. The third-order valence-electron chi connectivity index (χ3n) is 5.25. The Morgan fingerprint density at radius 2 is 2.00 bits per heavy atom. The fourth-order valence-corrected chi connectivity index (χ4v) is 4.66. The standard InChI is InChI=1S/C19H28N4O4S/c1-4-10-20-18(24)13-23-17-12-14(28(26,27)21(2)3)8-9-15(17)22-11-6-5-7-16(22)19(23)25/h8-9,12,16H,4-7,10-11,13H2,1-3H3,(H,20,24). The Morgan fingerprint density at radius 3 is 2.68 bits per heavy atom. The van der Waals surface area contributed by atoms with Crippen LogP contribution in [0.1, 0.15) is 32.6 Å². The summed E-state index contributed by atoms with van der Waals surface area (Å²) in [4.78, 5) is 29.1. The fraction of sp³-hybridized carbons (Fsp3) is 0.579. The number of amides is 2. The Morgan fingerprint density at radius 1 is 1.25 bits per heavy atom. The summed E-state index contributed by atoms with van der Waals surface area (Å²) in [7, 11) is -0.709. The lowest BCUT2D eigenvalue weighted by molar-refractivity contribution is -0.125. The maximum absolute atomic E-state index is 13.2. The molecule has 8 nitrogen and oxygen atoms in total. The zero-order valence-electron chi connectivity index (χ0n) is 16.6. The number of benzene rings is 1. The van der Waals surface area contributed by atoms with Crippen molar-refractivity contribution in [2.45, 2.75) is 43.5 Å². The molecule has 2 heterocycles. The van der Waals surface area contributed by atoms with Crippen LogP contribution in [0.25, 0.3) is 0 Å². The largest absolute Gasteiger partial charge is 0.358 e. The van der Waals surface area contributed by atoms with Gasteiger partial charge in [-0.05, 0) is 43.9 Å². The molecule has 0 bridgehead atoms. The Balaban J connectivity index is 2.05. The van der Waals surface area contributed by atoms with E-state index in [1.807, 2.05) is 11.8 Å². The van der Waals surface area contributed by atoms with Crippen LogP contribution >= 0.6 is 0 Å². The minimum atomic E-state index is -3.65. The second kappa shape index (κ2) is 8.08. The van der Waals surface area contributed by atoms with E-state index in [0.717, 1.165) is 42.2 Å². The molecule has 1 aromatic carbocycles. The molecule has 9 heteroatoms. The van der Waals surface area contributed by atoms with Crippen molar-refractivity contribution in [3.8, 4) is 0 Å². The molecule has 0 spiro atoms. The van der Waals surface area contributed by atoms with Crippen LogP contribution in [0.3, 0.4) is 0 Å². The van der Waals surface area contributed by atoms with Gasteiger partial charge in [-0.3, -0.25) is 14.5 Å². The molecule has 2 aliphatic heterocycles. The summed E-state index contributed by atoms with van der Waals surface area (Å²) in [5.74, 6) is -0.385. The Kier molecular flexibility index (Phi) is 5.95. The molecular weight excluding hydrogens is 380 g/mol. The lowest BCUT2D eigenvalue weighted by atomic mass is 9.96. The SMILES string of the molecule is CCCNC(=O)CN1C(=O)C2CCCCN2c2ccc(S(=O)(=O)N(C)C)cc21. The van der Waals surface area contributed by atoms with E-state index in [4.69, 9.17) is 0 Å². The van der Waals surface area contributed by atoms with E-state index in [-0.39, 0.29) is 29.3 Å². The number of carbonyl (C=O) groups is 2. The number of fused-ring (bicyclic) bond motifs is 3. The topological polar surface area (TPSA) is 90.0 Å². The number of hydrogen-bond donors (Lipinski definition) is 1. The van der Waals surface area contributed by atoms with Crippen LogP contribution < -0.4 is 15.1 Å². The summed E-state index contributed by atoms with van der Waals surface area (Å²) in [6.45, 7) is 3.14. The van der Waals surface area contributed by atoms with Crippen LogP contribution in [-0.4, -0.2) is 64.3 Å². The smallest absolute Gasteiger partial charge is 0.250 e. The van der Waals surface area contributed by atoms with Gasteiger partial charge < -0.3 is 10.2 Å². The van der Waals surface area contributed by atoms with Gasteiger partial charge in [0.1, 0.15) is 12.6 Å². The molecule has 1 unspecified atom stereocenters. The summed E-state index contributed by atoms with van der Waals surface area (Å²) < 4.78 is 26.3. The number of carbonyl (C=O) groups excluding carboxylic acids is 2. The molecule has 0 aliphatic carbocycles. The molecule has 3 rings (SSSR count). The number of rotatable bonds is 6. The summed E-state index contributed by atoms with van der Waals surface area (Å²) in [5.41, 5.74) is 1.29. The van der Waals surface area contributed by atoms with E-state index in [9.17, 15) is 18.0 Å². The van der Waals surface area contributed by atoms with Gasteiger partial charge in [0.15, 0.2) is 0 Å². The van der Waals surface area contributed by atoms with Gasteiger partial charge in [0.05, 0.1) is 16.3 Å². The average molecular weight is 409 g/mol. The number of nitrogens with one attached hydrogen (secondary N) is 1. The Labute approximate surface area is 166 Å². The number of hydrogen-bond acceptors (Lipinski definition) is 5. The van der Waals surface area contributed by atoms with Crippen LogP contribution in [0, 0.1) is 0 Å². The molecule has 1 fully saturated rings. The van der Waals surface area contributed by atoms with Crippen molar-refractivity contribution in [2.75, 3.05) is 43.5 Å². The molecule has 0 saturated carbocycles. The van der Waals surface area contributed by atoms with Gasteiger partial charge in [-0.15, -0.1) is 0 Å². The predicted octanol–water partition coefficient (Wildman–Crippen LogP) is 1.17. The molecule has 2 amide bonds. The Bertz CT molecular complexity index is 869. The lowest BCUT2D eigenvalue weighted by Crippen LogP contribution is -2.57. The predicted molar refractivity (Wildman–Crippen MR) is 108 cm³/mol.